The Morgan fingerprint density at radius 1 is 1.00 bits per heavy atom. The number of carbonyl (C=O) groups is 2. The molecule has 2 aromatic carbocycles. The summed E-state index contributed by atoms with van der Waals surface area (Å²) in [6.07, 6.45) is 0. The Hall–Kier alpha value is -2.73. The number of amides is 2. The zero-order valence-electron chi connectivity index (χ0n) is 15.1. The van der Waals surface area contributed by atoms with E-state index in [1.54, 1.807) is 30.3 Å². The van der Waals surface area contributed by atoms with Crippen LogP contribution in [0, 0.1) is 5.92 Å². The third-order valence-corrected chi connectivity index (χ3v) is 3.89. The number of ether oxygens (including phenoxy) is 2. The summed E-state index contributed by atoms with van der Waals surface area (Å²) in [5, 5.41) is 5.83. The predicted octanol–water partition coefficient (Wildman–Crippen LogP) is 4.20. The van der Waals surface area contributed by atoms with Crippen molar-refractivity contribution in [2.75, 3.05) is 24.9 Å². The average Bonchev–Trinajstić information content (AvgIpc) is 2.61. The Labute approximate surface area is 157 Å². The standard InChI is InChI=1S/C19H21ClN2O4/c1-11(2)18(23)21-13-6-5-7-14(10-13)22-19(24)12-8-15(20)17(26-4)16(9-12)25-3/h5-11H,1-4H3,(H,21,23)(H,22,24). The molecule has 0 atom stereocenters. The van der Waals surface area contributed by atoms with Crippen LogP contribution in [-0.4, -0.2) is 26.0 Å². The molecule has 6 nitrogen and oxygen atoms in total. The van der Waals surface area contributed by atoms with Gasteiger partial charge >= 0.3 is 0 Å². The molecule has 0 radical (unpaired) electrons. The van der Waals surface area contributed by atoms with Crippen molar-refractivity contribution < 1.29 is 19.1 Å². The zero-order valence-corrected chi connectivity index (χ0v) is 15.8. The Morgan fingerprint density at radius 2 is 1.65 bits per heavy atom. The number of nitrogens with one attached hydrogen (secondary N) is 2. The van der Waals surface area contributed by atoms with Crippen LogP contribution in [0.25, 0.3) is 0 Å². The van der Waals surface area contributed by atoms with Gasteiger partial charge in [0.2, 0.25) is 5.91 Å². The predicted molar refractivity (Wildman–Crippen MR) is 102 cm³/mol. The summed E-state index contributed by atoms with van der Waals surface area (Å²) >= 11 is 6.14. The molecule has 138 valence electrons. The minimum absolute atomic E-state index is 0.0971. The zero-order chi connectivity index (χ0) is 19.3. The molecule has 2 N–H and O–H groups in total. The van der Waals surface area contributed by atoms with Crippen LogP contribution in [0.3, 0.4) is 0 Å². The van der Waals surface area contributed by atoms with Gasteiger partial charge in [-0.15, -0.1) is 0 Å². The molecule has 7 heteroatoms. The molecule has 0 aromatic heterocycles. The largest absolute Gasteiger partial charge is 0.493 e. The molecule has 26 heavy (non-hydrogen) atoms. The molecule has 0 spiro atoms. The molecular weight excluding hydrogens is 356 g/mol. The number of anilines is 2. The molecule has 0 saturated carbocycles. The molecule has 0 heterocycles. The van der Waals surface area contributed by atoms with Crippen LogP contribution in [-0.2, 0) is 4.79 Å². The van der Waals surface area contributed by atoms with Gasteiger partial charge < -0.3 is 20.1 Å². The number of halogens is 1. The number of benzene rings is 2. The molecule has 0 aliphatic carbocycles. The number of rotatable bonds is 6. The van der Waals surface area contributed by atoms with Gasteiger partial charge in [0.1, 0.15) is 0 Å². The minimum atomic E-state index is -0.361. The van der Waals surface area contributed by atoms with Gasteiger partial charge in [-0.2, -0.15) is 0 Å². The second-order valence-corrected chi connectivity index (χ2v) is 6.28. The molecule has 2 rings (SSSR count). The van der Waals surface area contributed by atoms with E-state index in [0.717, 1.165) is 0 Å². The summed E-state index contributed by atoms with van der Waals surface area (Å²) in [6, 6.07) is 9.95. The topological polar surface area (TPSA) is 76.7 Å². The van der Waals surface area contributed by atoms with Crippen LogP contribution in [0.5, 0.6) is 11.5 Å². The highest BCUT2D eigenvalue weighted by Crippen LogP contribution is 2.36. The van der Waals surface area contributed by atoms with Gasteiger partial charge in [-0.05, 0) is 30.3 Å². The van der Waals surface area contributed by atoms with E-state index in [0.29, 0.717) is 28.4 Å². The number of methoxy groups -OCH3 is 2. The first-order valence-electron chi connectivity index (χ1n) is 7.99. The lowest BCUT2D eigenvalue weighted by atomic mass is 10.1. The van der Waals surface area contributed by atoms with Crippen molar-refractivity contribution in [2.45, 2.75) is 13.8 Å². The lowest BCUT2D eigenvalue weighted by molar-refractivity contribution is -0.118. The Balaban J connectivity index is 2.20. The highest BCUT2D eigenvalue weighted by atomic mass is 35.5. The lowest BCUT2D eigenvalue weighted by Crippen LogP contribution is -2.18. The van der Waals surface area contributed by atoms with Crippen molar-refractivity contribution in [1.82, 2.24) is 0 Å². The van der Waals surface area contributed by atoms with E-state index in [1.807, 2.05) is 13.8 Å². The summed E-state index contributed by atoms with van der Waals surface area (Å²) in [5.74, 6) is 0.134. The van der Waals surface area contributed by atoms with Crippen LogP contribution in [0.15, 0.2) is 36.4 Å². The van der Waals surface area contributed by atoms with Gasteiger partial charge in [0.25, 0.3) is 5.91 Å². The summed E-state index contributed by atoms with van der Waals surface area (Å²) in [6.45, 7) is 3.61. The van der Waals surface area contributed by atoms with E-state index in [4.69, 9.17) is 21.1 Å². The molecule has 0 aliphatic heterocycles. The van der Waals surface area contributed by atoms with Crippen molar-refractivity contribution in [3.8, 4) is 11.5 Å². The van der Waals surface area contributed by atoms with Gasteiger partial charge in [0.05, 0.1) is 19.2 Å². The van der Waals surface area contributed by atoms with Crippen LogP contribution < -0.4 is 20.1 Å². The summed E-state index contributed by atoms with van der Waals surface area (Å²) in [7, 11) is 2.94. The van der Waals surface area contributed by atoms with Crippen LogP contribution in [0.2, 0.25) is 5.02 Å². The van der Waals surface area contributed by atoms with Crippen LogP contribution >= 0.6 is 11.6 Å². The summed E-state index contributed by atoms with van der Waals surface area (Å²) in [5.41, 5.74) is 1.47. The van der Waals surface area contributed by atoms with Gasteiger partial charge in [0, 0.05) is 22.9 Å². The molecule has 0 unspecified atom stereocenters. The maximum absolute atomic E-state index is 12.5. The van der Waals surface area contributed by atoms with Gasteiger partial charge in [-0.1, -0.05) is 31.5 Å². The van der Waals surface area contributed by atoms with Gasteiger partial charge in [0.15, 0.2) is 11.5 Å². The minimum Gasteiger partial charge on any atom is -0.493 e. The normalized spacial score (nSPS) is 10.4. The second kappa shape index (κ2) is 8.58. The third kappa shape index (κ3) is 4.67. The first-order chi connectivity index (χ1) is 12.3. The van der Waals surface area contributed by atoms with E-state index in [-0.39, 0.29) is 22.8 Å². The first-order valence-corrected chi connectivity index (χ1v) is 8.37. The quantitative estimate of drug-likeness (QED) is 0.792. The van der Waals surface area contributed by atoms with E-state index in [9.17, 15) is 9.59 Å². The fourth-order valence-electron chi connectivity index (χ4n) is 2.21. The molecule has 2 aromatic rings. The molecule has 2 amide bonds. The van der Waals surface area contributed by atoms with E-state index in [2.05, 4.69) is 10.6 Å². The third-order valence-electron chi connectivity index (χ3n) is 3.61. The van der Waals surface area contributed by atoms with Crippen molar-refractivity contribution in [2.24, 2.45) is 5.92 Å². The average molecular weight is 377 g/mol. The van der Waals surface area contributed by atoms with E-state index >= 15 is 0 Å². The number of hydrogen-bond acceptors (Lipinski definition) is 4. The van der Waals surface area contributed by atoms with Crippen molar-refractivity contribution in [3.05, 3.63) is 47.0 Å². The number of hydrogen-bond donors (Lipinski definition) is 2. The van der Waals surface area contributed by atoms with Crippen LogP contribution in [0.4, 0.5) is 11.4 Å². The fraction of sp³-hybridized carbons (Fsp3) is 0.263. The second-order valence-electron chi connectivity index (χ2n) is 5.87. The van der Waals surface area contributed by atoms with Crippen molar-refractivity contribution in [3.63, 3.8) is 0 Å². The van der Waals surface area contributed by atoms with Crippen molar-refractivity contribution in [1.29, 1.82) is 0 Å². The van der Waals surface area contributed by atoms with E-state index < -0.39 is 0 Å². The molecular formula is C19H21ClN2O4. The van der Waals surface area contributed by atoms with Crippen LogP contribution in [0.1, 0.15) is 24.2 Å². The van der Waals surface area contributed by atoms with Crippen molar-refractivity contribution >= 4 is 34.8 Å². The molecule has 0 bridgehead atoms. The van der Waals surface area contributed by atoms with E-state index in [1.165, 1.54) is 20.3 Å². The number of carbonyl (C=O) groups excluding carboxylic acids is 2. The highest BCUT2D eigenvalue weighted by Gasteiger charge is 2.15. The Bertz CT molecular complexity index is 821. The first kappa shape index (κ1) is 19.6. The molecule has 0 aliphatic rings. The monoisotopic (exact) mass is 376 g/mol. The summed E-state index contributed by atoms with van der Waals surface area (Å²) < 4.78 is 10.4. The molecule has 0 saturated heterocycles. The summed E-state index contributed by atoms with van der Waals surface area (Å²) in [4.78, 5) is 24.3. The Kier molecular flexibility index (Phi) is 6.46. The lowest BCUT2D eigenvalue weighted by Gasteiger charge is -2.13. The molecule has 0 fully saturated rings. The SMILES string of the molecule is COc1cc(C(=O)Nc2cccc(NC(=O)C(C)C)c2)cc(Cl)c1OC. The van der Waals surface area contributed by atoms with Gasteiger partial charge in [-0.3, -0.25) is 9.59 Å². The smallest absolute Gasteiger partial charge is 0.255 e. The Morgan fingerprint density at radius 3 is 2.23 bits per heavy atom. The van der Waals surface area contributed by atoms with Gasteiger partial charge in [-0.25, -0.2) is 0 Å². The fourth-order valence-corrected chi connectivity index (χ4v) is 2.50. The maximum Gasteiger partial charge on any atom is 0.255 e. The highest BCUT2D eigenvalue weighted by molar-refractivity contribution is 6.32. The maximum atomic E-state index is 12.5.